The second-order valence-corrected chi connectivity index (χ2v) is 5.51. The molecule has 3 aromatic rings. The monoisotopic (exact) mass is 319 g/mol. The van der Waals surface area contributed by atoms with Crippen molar-refractivity contribution in [1.29, 1.82) is 0 Å². The van der Waals surface area contributed by atoms with Crippen molar-refractivity contribution in [3.8, 4) is 11.3 Å². The highest BCUT2D eigenvalue weighted by Gasteiger charge is 2.18. The summed E-state index contributed by atoms with van der Waals surface area (Å²) in [5.74, 6) is -0.899. The second-order valence-electron chi connectivity index (χ2n) is 4.69. The van der Waals surface area contributed by atoms with E-state index in [1.54, 1.807) is 18.2 Å². The van der Waals surface area contributed by atoms with E-state index in [1.165, 1.54) is 0 Å². The van der Waals surface area contributed by atoms with Crippen LogP contribution in [0.15, 0.2) is 42.5 Å². The van der Waals surface area contributed by atoms with Crippen LogP contribution in [0.4, 0.5) is 0 Å². The molecule has 0 saturated carbocycles. The number of para-hydroxylation sites is 1. The van der Waals surface area contributed by atoms with Crippen molar-refractivity contribution < 1.29 is 9.90 Å². The van der Waals surface area contributed by atoms with Crippen LogP contribution in [-0.2, 0) is 11.2 Å². The highest BCUT2D eigenvalue weighted by Crippen LogP contribution is 2.36. The number of nitrogens with one attached hydrogen (secondary N) is 1. The van der Waals surface area contributed by atoms with Crippen molar-refractivity contribution >= 4 is 40.1 Å². The number of halogens is 2. The Balaban J connectivity index is 2.33. The van der Waals surface area contributed by atoms with Crippen LogP contribution >= 0.6 is 23.2 Å². The van der Waals surface area contributed by atoms with Crippen LogP contribution in [0.1, 0.15) is 5.56 Å². The zero-order valence-electron chi connectivity index (χ0n) is 10.9. The highest BCUT2D eigenvalue weighted by molar-refractivity contribution is 6.36. The van der Waals surface area contributed by atoms with Gasteiger partial charge in [-0.1, -0.05) is 53.5 Å². The van der Waals surface area contributed by atoms with Gasteiger partial charge in [-0.25, -0.2) is 0 Å². The molecule has 2 aromatic carbocycles. The molecule has 0 aliphatic rings. The Morgan fingerprint density at radius 2 is 1.76 bits per heavy atom. The maximum atomic E-state index is 11.2. The van der Waals surface area contributed by atoms with Gasteiger partial charge in [0.1, 0.15) is 0 Å². The van der Waals surface area contributed by atoms with Crippen LogP contribution in [0.3, 0.4) is 0 Å². The summed E-state index contributed by atoms with van der Waals surface area (Å²) in [5.41, 5.74) is 2.88. The molecule has 0 spiro atoms. The van der Waals surface area contributed by atoms with Gasteiger partial charge in [0, 0.05) is 16.0 Å². The Kier molecular flexibility index (Phi) is 3.62. The molecule has 0 fully saturated rings. The molecule has 0 radical (unpaired) electrons. The van der Waals surface area contributed by atoms with E-state index >= 15 is 0 Å². The molecule has 3 nitrogen and oxygen atoms in total. The average Bonchev–Trinajstić information content (AvgIpc) is 2.79. The molecule has 0 aliphatic carbocycles. The van der Waals surface area contributed by atoms with Crippen LogP contribution in [0, 0.1) is 0 Å². The molecule has 106 valence electrons. The van der Waals surface area contributed by atoms with Crippen LogP contribution in [0.5, 0.6) is 0 Å². The zero-order chi connectivity index (χ0) is 15.0. The summed E-state index contributed by atoms with van der Waals surface area (Å²) in [5, 5.41) is 11.1. The summed E-state index contributed by atoms with van der Waals surface area (Å²) in [7, 11) is 0. The number of benzene rings is 2. The van der Waals surface area contributed by atoms with E-state index in [-0.39, 0.29) is 6.42 Å². The number of aromatic amines is 1. The molecule has 0 atom stereocenters. The van der Waals surface area contributed by atoms with Crippen molar-refractivity contribution in [3.63, 3.8) is 0 Å². The molecule has 5 heteroatoms. The summed E-state index contributed by atoms with van der Waals surface area (Å²) in [4.78, 5) is 14.4. The first-order chi connectivity index (χ1) is 10.1. The fourth-order valence-corrected chi connectivity index (χ4v) is 2.92. The Bertz CT molecular complexity index is 839. The Morgan fingerprint density at radius 3 is 2.48 bits per heavy atom. The largest absolute Gasteiger partial charge is 0.481 e. The van der Waals surface area contributed by atoms with E-state index in [0.29, 0.717) is 21.3 Å². The molecule has 0 saturated heterocycles. The molecule has 2 N–H and O–H groups in total. The number of H-pyrrole nitrogens is 1. The van der Waals surface area contributed by atoms with E-state index in [4.69, 9.17) is 23.2 Å². The van der Waals surface area contributed by atoms with Crippen LogP contribution in [-0.4, -0.2) is 16.1 Å². The number of carbonyl (C=O) groups is 1. The van der Waals surface area contributed by atoms with Crippen LogP contribution < -0.4 is 0 Å². The van der Waals surface area contributed by atoms with E-state index in [1.807, 2.05) is 24.3 Å². The third-order valence-electron chi connectivity index (χ3n) is 3.36. The average molecular weight is 320 g/mol. The summed E-state index contributed by atoms with van der Waals surface area (Å²) in [6, 6.07) is 12.7. The van der Waals surface area contributed by atoms with Gasteiger partial charge in [0.05, 0.1) is 22.7 Å². The standard InChI is InChI=1S/C16H11Cl2NO2/c17-12-6-2-1-4-10(12)15-11(8-14(20)21)9-5-3-7-13(18)16(9)19-15/h1-7,19H,8H2,(H,20,21). The minimum atomic E-state index is -0.899. The lowest BCUT2D eigenvalue weighted by atomic mass is 10.0. The molecular formula is C16H11Cl2NO2. The lowest BCUT2D eigenvalue weighted by Gasteiger charge is -2.05. The number of aliphatic carboxylic acids is 1. The van der Waals surface area contributed by atoms with Gasteiger partial charge in [-0.05, 0) is 17.7 Å². The Hall–Kier alpha value is -1.97. The minimum absolute atomic E-state index is 0.0963. The molecule has 1 heterocycles. The topological polar surface area (TPSA) is 53.1 Å². The van der Waals surface area contributed by atoms with Crippen LogP contribution in [0.25, 0.3) is 22.2 Å². The molecule has 1 aromatic heterocycles. The predicted molar refractivity (Wildman–Crippen MR) is 85.1 cm³/mol. The number of carboxylic acid groups (broad SMARTS) is 1. The predicted octanol–water partition coefficient (Wildman–Crippen LogP) is 4.77. The van der Waals surface area contributed by atoms with Gasteiger partial charge >= 0.3 is 5.97 Å². The van der Waals surface area contributed by atoms with E-state index in [0.717, 1.165) is 16.5 Å². The van der Waals surface area contributed by atoms with Gasteiger partial charge in [-0.15, -0.1) is 0 Å². The maximum absolute atomic E-state index is 11.2. The normalized spacial score (nSPS) is 11.0. The van der Waals surface area contributed by atoms with E-state index in [2.05, 4.69) is 4.98 Å². The van der Waals surface area contributed by atoms with Crippen molar-refractivity contribution in [3.05, 3.63) is 58.1 Å². The Morgan fingerprint density at radius 1 is 1.05 bits per heavy atom. The van der Waals surface area contributed by atoms with Crippen molar-refractivity contribution in [1.82, 2.24) is 4.98 Å². The molecule has 21 heavy (non-hydrogen) atoms. The molecule has 0 unspecified atom stereocenters. The summed E-state index contributed by atoms with van der Waals surface area (Å²) < 4.78 is 0. The lowest BCUT2D eigenvalue weighted by molar-refractivity contribution is -0.136. The third kappa shape index (κ3) is 2.50. The van der Waals surface area contributed by atoms with Gasteiger partial charge in [0.15, 0.2) is 0 Å². The SMILES string of the molecule is O=C(O)Cc1c(-c2ccccc2Cl)[nH]c2c(Cl)cccc12. The van der Waals surface area contributed by atoms with Gasteiger partial charge in [-0.3, -0.25) is 4.79 Å². The van der Waals surface area contributed by atoms with Crippen molar-refractivity contribution in [2.45, 2.75) is 6.42 Å². The summed E-state index contributed by atoms with van der Waals surface area (Å²) in [6.45, 7) is 0. The molecule has 0 aliphatic heterocycles. The molecule has 3 rings (SSSR count). The highest BCUT2D eigenvalue weighted by atomic mass is 35.5. The quantitative estimate of drug-likeness (QED) is 0.730. The number of rotatable bonds is 3. The molecule has 0 amide bonds. The fourth-order valence-electron chi connectivity index (χ4n) is 2.47. The second kappa shape index (κ2) is 5.43. The summed E-state index contributed by atoms with van der Waals surface area (Å²) >= 11 is 12.4. The zero-order valence-corrected chi connectivity index (χ0v) is 12.4. The molecule has 0 bridgehead atoms. The number of aromatic nitrogens is 1. The molecular weight excluding hydrogens is 309 g/mol. The number of hydrogen-bond donors (Lipinski definition) is 2. The van der Waals surface area contributed by atoms with E-state index < -0.39 is 5.97 Å². The summed E-state index contributed by atoms with van der Waals surface area (Å²) in [6.07, 6.45) is -0.0963. The van der Waals surface area contributed by atoms with E-state index in [9.17, 15) is 9.90 Å². The van der Waals surface area contributed by atoms with Gasteiger partial charge < -0.3 is 10.1 Å². The fraction of sp³-hybridized carbons (Fsp3) is 0.0625. The minimum Gasteiger partial charge on any atom is -0.481 e. The van der Waals surface area contributed by atoms with Gasteiger partial charge in [0.25, 0.3) is 0 Å². The maximum Gasteiger partial charge on any atom is 0.307 e. The van der Waals surface area contributed by atoms with Gasteiger partial charge in [-0.2, -0.15) is 0 Å². The Labute approximate surface area is 131 Å². The first-order valence-corrected chi connectivity index (χ1v) is 7.09. The third-order valence-corrected chi connectivity index (χ3v) is 4.01. The first kappa shape index (κ1) is 14.0. The van der Waals surface area contributed by atoms with Crippen molar-refractivity contribution in [2.75, 3.05) is 0 Å². The van der Waals surface area contributed by atoms with Crippen LogP contribution in [0.2, 0.25) is 10.0 Å². The van der Waals surface area contributed by atoms with Crippen molar-refractivity contribution in [2.24, 2.45) is 0 Å². The first-order valence-electron chi connectivity index (χ1n) is 6.33. The number of carboxylic acids is 1. The number of hydrogen-bond acceptors (Lipinski definition) is 1. The van der Waals surface area contributed by atoms with Gasteiger partial charge in [0.2, 0.25) is 0 Å². The smallest absolute Gasteiger partial charge is 0.307 e. The number of fused-ring (bicyclic) bond motifs is 1. The lowest BCUT2D eigenvalue weighted by Crippen LogP contribution is -2.01.